The van der Waals surface area contributed by atoms with E-state index in [9.17, 15) is 5.11 Å². The van der Waals surface area contributed by atoms with Crippen LogP contribution in [0.2, 0.25) is 0 Å². The van der Waals surface area contributed by atoms with Crippen molar-refractivity contribution in [3.63, 3.8) is 0 Å². The van der Waals surface area contributed by atoms with Crippen LogP contribution >= 0.6 is 0 Å². The highest BCUT2D eigenvalue weighted by Gasteiger charge is 2.35. The number of β-amino-alcohol motifs (C(OH)–C–C–N with tert-alkyl or cyclic N) is 1. The molecular formula is C12H23NO2. The minimum Gasteiger partial charge on any atom is -0.391 e. The molecule has 0 amide bonds. The van der Waals surface area contributed by atoms with E-state index in [0.29, 0.717) is 6.10 Å². The first kappa shape index (κ1) is 11.4. The number of likely N-dealkylation sites (tertiary alicyclic amines) is 1. The van der Waals surface area contributed by atoms with Crippen molar-refractivity contribution >= 4 is 0 Å². The molecule has 2 saturated heterocycles. The molecule has 0 saturated carbocycles. The zero-order chi connectivity index (χ0) is 10.9. The van der Waals surface area contributed by atoms with Crippen molar-refractivity contribution in [1.29, 1.82) is 0 Å². The van der Waals surface area contributed by atoms with Crippen LogP contribution in [0.5, 0.6) is 0 Å². The van der Waals surface area contributed by atoms with Gasteiger partial charge in [-0.2, -0.15) is 0 Å². The van der Waals surface area contributed by atoms with Gasteiger partial charge in [0, 0.05) is 19.7 Å². The lowest BCUT2D eigenvalue weighted by atomic mass is 9.80. The second kappa shape index (κ2) is 4.40. The van der Waals surface area contributed by atoms with Crippen LogP contribution in [0.25, 0.3) is 0 Å². The smallest absolute Gasteiger partial charge is 0.0718 e. The van der Waals surface area contributed by atoms with Gasteiger partial charge in [0.1, 0.15) is 0 Å². The normalized spacial score (nSPS) is 37.0. The summed E-state index contributed by atoms with van der Waals surface area (Å²) in [6.07, 6.45) is 3.70. The molecule has 88 valence electrons. The third kappa shape index (κ3) is 2.71. The minimum absolute atomic E-state index is 0.0903. The first-order valence-electron chi connectivity index (χ1n) is 6.10. The molecule has 15 heavy (non-hydrogen) atoms. The molecule has 2 unspecified atom stereocenters. The van der Waals surface area contributed by atoms with Gasteiger partial charge in [-0.15, -0.1) is 0 Å². The molecule has 0 aromatic rings. The lowest BCUT2D eigenvalue weighted by Crippen LogP contribution is -2.50. The fourth-order valence-electron chi connectivity index (χ4n) is 2.44. The Bertz CT molecular complexity index is 210. The highest BCUT2D eigenvalue weighted by Crippen LogP contribution is 2.30. The number of nitrogens with zero attached hydrogens (tertiary/aromatic N) is 1. The fraction of sp³-hybridized carbons (Fsp3) is 1.00. The largest absolute Gasteiger partial charge is 0.391 e. The Kier molecular flexibility index (Phi) is 3.33. The van der Waals surface area contributed by atoms with Gasteiger partial charge < -0.3 is 9.84 Å². The third-order valence-electron chi connectivity index (χ3n) is 3.89. The second-order valence-electron chi connectivity index (χ2n) is 5.65. The van der Waals surface area contributed by atoms with E-state index in [-0.39, 0.29) is 11.5 Å². The van der Waals surface area contributed by atoms with Crippen molar-refractivity contribution in [3.05, 3.63) is 0 Å². The molecule has 1 N–H and O–H groups in total. The maximum atomic E-state index is 10.00. The summed E-state index contributed by atoms with van der Waals surface area (Å²) in [4.78, 5) is 2.35. The topological polar surface area (TPSA) is 32.7 Å². The monoisotopic (exact) mass is 213 g/mol. The third-order valence-corrected chi connectivity index (χ3v) is 3.89. The van der Waals surface area contributed by atoms with Crippen LogP contribution in [0.15, 0.2) is 0 Å². The van der Waals surface area contributed by atoms with E-state index >= 15 is 0 Å². The SMILES string of the molecule is CC1(C)CCN(CC2CCCO2)CC1O. The summed E-state index contributed by atoms with van der Waals surface area (Å²) in [5, 5.41) is 10.00. The predicted molar refractivity (Wildman–Crippen MR) is 59.8 cm³/mol. The van der Waals surface area contributed by atoms with Crippen LogP contribution in [0.1, 0.15) is 33.1 Å². The van der Waals surface area contributed by atoms with E-state index < -0.39 is 0 Å². The second-order valence-corrected chi connectivity index (χ2v) is 5.65. The number of aliphatic hydroxyl groups is 1. The summed E-state index contributed by atoms with van der Waals surface area (Å²) >= 11 is 0. The Morgan fingerprint density at radius 2 is 2.27 bits per heavy atom. The van der Waals surface area contributed by atoms with Gasteiger partial charge in [-0.25, -0.2) is 0 Å². The van der Waals surface area contributed by atoms with Crippen molar-refractivity contribution in [2.75, 3.05) is 26.2 Å². The Morgan fingerprint density at radius 3 is 2.87 bits per heavy atom. The Balaban J connectivity index is 1.80. The van der Waals surface area contributed by atoms with E-state index in [1.54, 1.807) is 0 Å². The summed E-state index contributed by atoms with van der Waals surface area (Å²) in [5.74, 6) is 0. The van der Waals surface area contributed by atoms with Crippen LogP contribution in [-0.4, -0.2) is 48.5 Å². The van der Waals surface area contributed by atoms with Gasteiger partial charge in [0.25, 0.3) is 0 Å². The Labute approximate surface area is 92.4 Å². The summed E-state index contributed by atoms with van der Waals surface area (Å²) < 4.78 is 5.62. The highest BCUT2D eigenvalue weighted by molar-refractivity contribution is 4.87. The lowest BCUT2D eigenvalue weighted by molar-refractivity contribution is -0.0391. The molecule has 2 heterocycles. The molecule has 0 radical (unpaired) electrons. The Morgan fingerprint density at radius 1 is 1.47 bits per heavy atom. The van der Waals surface area contributed by atoms with Gasteiger partial charge in [0.2, 0.25) is 0 Å². The van der Waals surface area contributed by atoms with Crippen LogP contribution in [0.4, 0.5) is 0 Å². The van der Waals surface area contributed by atoms with Gasteiger partial charge in [-0.3, -0.25) is 4.90 Å². The summed E-state index contributed by atoms with van der Waals surface area (Å²) in [6.45, 7) is 8.15. The van der Waals surface area contributed by atoms with Crippen molar-refractivity contribution in [1.82, 2.24) is 4.90 Å². The van der Waals surface area contributed by atoms with Gasteiger partial charge in [-0.05, 0) is 31.2 Å². The number of hydrogen-bond donors (Lipinski definition) is 1. The lowest BCUT2D eigenvalue weighted by Gasteiger charge is -2.41. The summed E-state index contributed by atoms with van der Waals surface area (Å²) in [5.41, 5.74) is 0.0903. The van der Waals surface area contributed by atoms with Crippen molar-refractivity contribution in [2.45, 2.75) is 45.3 Å². The molecule has 3 nitrogen and oxygen atoms in total. The number of hydrogen-bond acceptors (Lipinski definition) is 3. The number of aliphatic hydroxyl groups excluding tert-OH is 1. The van der Waals surface area contributed by atoms with Crippen LogP contribution in [0.3, 0.4) is 0 Å². The minimum atomic E-state index is -0.187. The average Bonchev–Trinajstić information content (AvgIpc) is 2.65. The van der Waals surface area contributed by atoms with E-state index in [4.69, 9.17) is 4.74 Å². The molecular weight excluding hydrogens is 190 g/mol. The molecule has 3 heteroatoms. The predicted octanol–water partition coefficient (Wildman–Crippen LogP) is 1.26. The number of rotatable bonds is 2. The van der Waals surface area contributed by atoms with E-state index in [2.05, 4.69) is 18.7 Å². The van der Waals surface area contributed by atoms with E-state index in [0.717, 1.165) is 32.7 Å². The van der Waals surface area contributed by atoms with Gasteiger partial charge in [-0.1, -0.05) is 13.8 Å². The molecule has 0 spiro atoms. The average molecular weight is 213 g/mol. The van der Waals surface area contributed by atoms with Crippen LogP contribution in [-0.2, 0) is 4.74 Å². The van der Waals surface area contributed by atoms with E-state index in [1.165, 1.54) is 12.8 Å². The van der Waals surface area contributed by atoms with Crippen molar-refractivity contribution in [2.24, 2.45) is 5.41 Å². The summed E-state index contributed by atoms with van der Waals surface area (Å²) in [6, 6.07) is 0. The molecule has 0 aliphatic carbocycles. The van der Waals surface area contributed by atoms with Crippen LogP contribution in [0, 0.1) is 5.41 Å². The number of piperidine rings is 1. The maximum absolute atomic E-state index is 10.00. The Hall–Kier alpha value is -0.120. The maximum Gasteiger partial charge on any atom is 0.0718 e. The van der Waals surface area contributed by atoms with Gasteiger partial charge in [0.05, 0.1) is 12.2 Å². The number of ether oxygens (including phenoxy) is 1. The molecule has 2 aliphatic heterocycles. The summed E-state index contributed by atoms with van der Waals surface area (Å²) in [7, 11) is 0. The van der Waals surface area contributed by atoms with Gasteiger partial charge in [0.15, 0.2) is 0 Å². The molecule has 0 bridgehead atoms. The van der Waals surface area contributed by atoms with E-state index in [1.807, 2.05) is 0 Å². The van der Waals surface area contributed by atoms with Crippen molar-refractivity contribution < 1.29 is 9.84 Å². The molecule has 0 aromatic carbocycles. The molecule has 2 aliphatic rings. The molecule has 0 aromatic heterocycles. The quantitative estimate of drug-likeness (QED) is 0.749. The first-order valence-corrected chi connectivity index (χ1v) is 6.10. The first-order chi connectivity index (χ1) is 7.08. The fourth-order valence-corrected chi connectivity index (χ4v) is 2.44. The molecule has 2 fully saturated rings. The molecule has 2 atom stereocenters. The molecule has 2 rings (SSSR count). The zero-order valence-corrected chi connectivity index (χ0v) is 9.91. The standard InChI is InChI=1S/C12H23NO2/c1-12(2)5-6-13(9-11(12)14)8-10-4-3-7-15-10/h10-11,14H,3-9H2,1-2H3. The zero-order valence-electron chi connectivity index (χ0n) is 9.91. The van der Waals surface area contributed by atoms with Gasteiger partial charge >= 0.3 is 0 Å². The van der Waals surface area contributed by atoms with Crippen molar-refractivity contribution in [3.8, 4) is 0 Å². The van der Waals surface area contributed by atoms with Crippen LogP contribution < -0.4 is 0 Å². The highest BCUT2D eigenvalue weighted by atomic mass is 16.5.